The van der Waals surface area contributed by atoms with Gasteiger partial charge in [-0.25, -0.2) is 10.2 Å². The number of hydrazone groups is 1. The number of carbonyl (C=O) groups excluding carboxylic acids is 1. The van der Waals surface area contributed by atoms with Crippen molar-refractivity contribution in [2.24, 2.45) is 5.10 Å². The molecule has 0 aliphatic carbocycles. The minimum absolute atomic E-state index is 0.135. The number of hydrogen-bond donors (Lipinski definition) is 2. The molecule has 196 valence electrons. The summed E-state index contributed by atoms with van der Waals surface area (Å²) in [7, 11) is 0. The highest BCUT2D eigenvalue weighted by Crippen LogP contribution is 2.34. The quantitative estimate of drug-likeness (QED) is 0.121. The molecule has 10 heteroatoms. The Hall–Kier alpha value is -4.06. The number of carbonyl (C=O) groups is 2. The number of benzene rings is 3. The fourth-order valence-electron chi connectivity index (χ4n) is 3.57. The normalized spacial score (nSPS) is 11.0. The zero-order valence-electron chi connectivity index (χ0n) is 20.7. The van der Waals surface area contributed by atoms with Crippen molar-refractivity contribution >= 4 is 51.7 Å². The summed E-state index contributed by atoms with van der Waals surface area (Å²) < 4.78 is 23.7. The molecule has 0 atom stereocenters. The molecule has 2 N–H and O–H groups in total. The largest absolute Gasteiger partial charge is 0.494 e. The molecule has 1 amide bonds. The highest BCUT2D eigenvalue weighted by molar-refractivity contribution is 14.1. The number of ether oxygens (including phenoxy) is 3. The zero-order valence-corrected chi connectivity index (χ0v) is 22.9. The van der Waals surface area contributed by atoms with Gasteiger partial charge in [-0.05, 0) is 96.1 Å². The number of carboxylic acids is 1. The molecule has 0 saturated carbocycles. The van der Waals surface area contributed by atoms with Gasteiger partial charge in [-0.3, -0.25) is 4.79 Å². The molecule has 1 heterocycles. The molecular weight excluding hydrogens is 603 g/mol. The Morgan fingerprint density at radius 2 is 1.76 bits per heavy atom. The van der Waals surface area contributed by atoms with Crippen LogP contribution in [0.15, 0.2) is 70.2 Å². The highest BCUT2D eigenvalue weighted by atomic mass is 127. The molecule has 0 aliphatic heterocycles. The fourth-order valence-corrected chi connectivity index (χ4v) is 4.36. The van der Waals surface area contributed by atoms with E-state index in [1.807, 2.05) is 26.0 Å². The summed E-state index contributed by atoms with van der Waals surface area (Å²) in [4.78, 5) is 23.6. The van der Waals surface area contributed by atoms with E-state index in [1.54, 1.807) is 36.4 Å². The smallest absolute Gasteiger partial charge is 0.335 e. The number of carboxylic acid groups (broad SMARTS) is 1. The summed E-state index contributed by atoms with van der Waals surface area (Å²) in [5.74, 6) is 0.461. The lowest BCUT2D eigenvalue weighted by Gasteiger charge is -2.15. The number of halogens is 1. The second kappa shape index (κ2) is 12.5. The van der Waals surface area contributed by atoms with Gasteiger partial charge in [0.2, 0.25) is 0 Å². The average Bonchev–Trinajstić information content (AvgIpc) is 3.32. The number of hydrogen-bond acceptors (Lipinski definition) is 7. The predicted octanol–water partition coefficient (Wildman–Crippen LogP) is 5.88. The lowest BCUT2D eigenvalue weighted by atomic mass is 10.1. The molecule has 3 aromatic carbocycles. The number of aromatic carboxylic acids is 1. The lowest BCUT2D eigenvalue weighted by molar-refractivity contribution is 0.0696. The van der Waals surface area contributed by atoms with Crippen molar-refractivity contribution in [2.45, 2.75) is 20.5 Å². The van der Waals surface area contributed by atoms with Gasteiger partial charge in [-0.1, -0.05) is 12.1 Å². The number of nitrogens with zero attached hydrogens (tertiary/aromatic N) is 1. The van der Waals surface area contributed by atoms with Crippen LogP contribution in [0.4, 0.5) is 0 Å². The van der Waals surface area contributed by atoms with Crippen LogP contribution in [-0.2, 0) is 6.61 Å². The maximum Gasteiger partial charge on any atom is 0.335 e. The van der Waals surface area contributed by atoms with E-state index in [-0.39, 0.29) is 17.9 Å². The topological polar surface area (TPSA) is 120 Å². The van der Waals surface area contributed by atoms with Gasteiger partial charge < -0.3 is 23.7 Å². The van der Waals surface area contributed by atoms with E-state index in [0.29, 0.717) is 41.6 Å². The third-order valence-electron chi connectivity index (χ3n) is 5.32. The molecule has 38 heavy (non-hydrogen) atoms. The molecule has 1 aromatic heterocycles. The van der Waals surface area contributed by atoms with Crippen LogP contribution < -0.4 is 19.6 Å². The second-order valence-electron chi connectivity index (χ2n) is 8.00. The Kier molecular flexibility index (Phi) is 8.85. The Labute approximate surface area is 232 Å². The molecule has 4 aromatic rings. The molecule has 0 saturated heterocycles. The molecule has 0 bridgehead atoms. The molecule has 4 rings (SSSR count). The number of amides is 1. The van der Waals surface area contributed by atoms with Gasteiger partial charge in [0.1, 0.15) is 17.9 Å². The van der Waals surface area contributed by atoms with E-state index < -0.39 is 11.9 Å². The van der Waals surface area contributed by atoms with Crippen molar-refractivity contribution < 1.29 is 33.3 Å². The van der Waals surface area contributed by atoms with Gasteiger partial charge in [-0.2, -0.15) is 5.10 Å². The maximum absolute atomic E-state index is 12.6. The number of fused-ring (bicyclic) bond motifs is 1. The first-order valence-electron chi connectivity index (χ1n) is 11.8. The van der Waals surface area contributed by atoms with Crippen molar-refractivity contribution in [1.29, 1.82) is 0 Å². The average molecular weight is 628 g/mol. The third kappa shape index (κ3) is 6.62. The Bertz CT molecular complexity index is 1480. The van der Waals surface area contributed by atoms with Gasteiger partial charge >= 0.3 is 11.9 Å². The van der Waals surface area contributed by atoms with Crippen LogP contribution in [0.2, 0.25) is 0 Å². The molecule has 0 unspecified atom stereocenters. The van der Waals surface area contributed by atoms with E-state index in [2.05, 4.69) is 33.1 Å². The predicted molar refractivity (Wildman–Crippen MR) is 151 cm³/mol. The van der Waals surface area contributed by atoms with Crippen LogP contribution in [0.1, 0.15) is 45.9 Å². The number of rotatable bonds is 11. The van der Waals surface area contributed by atoms with Crippen molar-refractivity contribution in [2.75, 3.05) is 13.2 Å². The molecule has 0 radical (unpaired) electrons. The van der Waals surface area contributed by atoms with E-state index in [0.717, 1.165) is 14.5 Å². The summed E-state index contributed by atoms with van der Waals surface area (Å²) in [6.45, 7) is 4.98. The van der Waals surface area contributed by atoms with E-state index in [1.165, 1.54) is 18.3 Å². The molecule has 0 fully saturated rings. The number of furan rings is 1. The Morgan fingerprint density at radius 1 is 1.00 bits per heavy atom. The van der Waals surface area contributed by atoms with Crippen molar-refractivity contribution in [3.8, 4) is 17.2 Å². The third-order valence-corrected chi connectivity index (χ3v) is 6.12. The first-order valence-corrected chi connectivity index (χ1v) is 12.9. The van der Waals surface area contributed by atoms with Crippen LogP contribution in [0, 0.1) is 3.57 Å². The SMILES string of the molecule is CCOc1ccc2oc(C(=O)N/N=C/c3cc(I)c(OCc4ccc(C(=O)O)cc4)c(OCC)c3)cc2c1. The number of nitrogens with one attached hydrogen (secondary N) is 1. The summed E-state index contributed by atoms with van der Waals surface area (Å²) >= 11 is 2.14. The van der Waals surface area contributed by atoms with Gasteiger partial charge in [0.25, 0.3) is 0 Å². The van der Waals surface area contributed by atoms with Crippen molar-refractivity contribution in [3.63, 3.8) is 0 Å². The first-order chi connectivity index (χ1) is 18.4. The Morgan fingerprint density at radius 3 is 2.47 bits per heavy atom. The Balaban J connectivity index is 1.44. The van der Waals surface area contributed by atoms with E-state index in [4.69, 9.17) is 23.7 Å². The lowest BCUT2D eigenvalue weighted by Crippen LogP contribution is -2.16. The highest BCUT2D eigenvalue weighted by Gasteiger charge is 2.14. The van der Waals surface area contributed by atoms with E-state index >= 15 is 0 Å². The summed E-state index contributed by atoms with van der Waals surface area (Å²) in [6, 6.07) is 17.1. The van der Waals surface area contributed by atoms with Gasteiger partial charge in [0.15, 0.2) is 17.3 Å². The zero-order chi connectivity index (χ0) is 27.1. The van der Waals surface area contributed by atoms with Gasteiger partial charge in [0.05, 0.1) is 28.6 Å². The van der Waals surface area contributed by atoms with Gasteiger partial charge in [0, 0.05) is 5.39 Å². The standard InChI is InChI=1S/C28H25IN2O7/c1-3-35-21-9-10-23-20(13-21)14-25(38-23)27(32)31-30-15-18-11-22(29)26(24(12-18)36-4-2)37-16-17-5-7-19(8-6-17)28(33)34/h5-15H,3-4,16H2,1-2H3,(H,31,32)(H,33,34)/b30-15+. The molecule has 0 spiro atoms. The van der Waals surface area contributed by atoms with Crippen LogP contribution in [0.3, 0.4) is 0 Å². The minimum atomic E-state index is -0.979. The van der Waals surface area contributed by atoms with Crippen molar-refractivity contribution in [3.05, 3.63) is 86.7 Å². The summed E-state index contributed by atoms with van der Waals surface area (Å²) in [5.41, 5.74) is 4.79. The minimum Gasteiger partial charge on any atom is -0.494 e. The van der Waals surface area contributed by atoms with Crippen LogP contribution >= 0.6 is 22.6 Å². The van der Waals surface area contributed by atoms with E-state index in [9.17, 15) is 9.59 Å². The monoisotopic (exact) mass is 628 g/mol. The summed E-state index contributed by atoms with van der Waals surface area (Å²) in [6.07, 6.45) is 1.51. The first kappa shape index (κ1) is 27.0. The molecular formula is C28H25IN2O7. The second-order valence-corrected chi connectivity index (χ2v) is 9.16. The fraction of sp³-hybridized carbons (Fsp3) is 0.179. The molecule has 0 aliphatic rings. The van der Waals surface area contributed by atoms with Crippen LogP contribution in [0.25, 0.3) is 11.0 Å². The van der Waals surface area contributed by atoms with Crippen LogP contribution in [-0.4, -0.2) is 36.4 Å². The van der Waals surface area contributed by atoms with Crippen LogP contribution in [0.5, 0.6) is 17.2 Å². The van der Waals surface area contributed by atoms with Crippen molar-refractivity contribution in [1.82, 2.24) is 5.43 Å². The molecule has 9 nitrogen and oxygen atoms in total. The van der Waals surface area contributed by atoms with Gasteiger partial charge in [-0.15, -0.1) is 0 Å². The maximum atomic E-state index is 12.6. The summed E-state index contributed by atoms with van der Waals surface area (Å²) in [5, 5.41) is 13.9.